The fourth-order valence-electron chi connectivity index (χ4n) is 4.85. The van der Waals surface area contributed by atoms with Crippen molar-refractivity contribution in [2.75, 3.05) is 6.54 Å². The largest absolute Gasteiger partial charge is 0.431 e. The molecular weight excluding hydrogens is 666 g/mol. The zero-order valence-corrected chi connectivity index (χ0v) is 26.9. The molecule has 1 aromatic heterocycles. The van der Waals surface area contributed by atoms with Crippen molar-refractivity contribution in [3.8, 4) is 11.3 Å². The Hall–Kier alpha value is -2.71. The maximum atomic E-state index is 13.9. The molecule has 0 bridgehead atoms. The summed E-state index contributed by atoms with van der Waals surface area (Å²) in [5.41, 5.74) is 3.93. The summed E-state index contributed by atoms with van der Waals surface area (Å²) in [5.74, 6) is -1.53. The second kappa shape index (κ2) is 14.6. The molecule has 0 saturated heterocycles. The molecule has 0 aliphatic heterocycles. The van der Waals surface area contributed by atoms with E-state index in [2.05, 4.69) is 21.2 Å². The monoisotopic (exact) mass is 692 g/mol. The first kappa shape index (κ1) is 32.2. The summed E-state index contributed by atoms with van der Waals surface area (Å²) in [7, 11) is 0. The van der Waals surface area contributed by atoms with Crippen LogP contribution in [0.2, 0.25) is 15.1 Å². The number of aromatic nitrogens is 1. The van der Waals surface area contributed by atoms with Crippen LogP contribution in [0.15, 0.2) is 65.1 Å². The van der Waals surface area contributed by atoms with E-state index in [4.69, 9.17) is 44.5 Å². The van der Waals surface area contributed by atoms with Gasteiger partial charge in [0.05, 0.1) is 26.8 Å². The molecule has 2 unspecified atom stereocenters. The summed E-state index contributed by atoms with van der Waals surface area (Å²) in [6, 6.07) is 18.4. The van der Waals surface area contributed by atoms with Gasteiger partial charge in [-0.3, -0.25) is 9.59 Å². The lowest BCUT2D eigenvalue weighted by Crippen LogP contribution is -2.30. The highest BCUT2D eigenvalue weighted by atomic mass is 79.9. The number of ether oxygens (including phenoxy) is 1. The van der Waals surface area contributed by atoms with Gasteiger partial charge in [0.25, 0.3) is 5.91 Å². The van der Waals surface area contributed by atoms with E-state index in [9.17, 15) is 14.0 Å². The third-order valence-electron chi connectivity index (χ3n) is 6.93. The van der Waals surface area contributed by atoms with Crippen LogP contribution in [-0.2, 0) is 9.53 Å². The molecule has 1 amide bonds. The quantitative estimate of drug-likeness (QED) is 0.125. The highest BCUT2D eigenvalue weighted by Crippen LogP contribution is 2.39. The average molecular weight is 695 g/mol. The van der Waals surface area contributed by atoms with Gasteiger partial charge in [0.15, 0.2) is 0 Å². The van der Waals surface area contributed by atoms with Gasteiger partial charge in [-0.25, -0.2) is 9.37 Å². The Labute approximate surface area is 267 Å². The van der Waals surface area contributed by atoms with Crippen LogP contribution in [0.1, 0.15) is 60.0 Å². The first-order valence-electron chi connectivity index (χ1n) is 13.5. The van der Waals surface area contributed by atoms with Gasteiger partial charge in [0.2, 0.25) is 6.36 Å². The van der Waals surface area contributed by atoms with E-state index in [1.165, 1.54) is 0 Å². The minimum absolute atomic E-state index is 0.0812. The maximum Gasteiger partial charge on any atom is 0.308 e. The van der Waals surface area contributed by atoms with E-state index in [0.29, 0.717) is 44.7 Å². The molecule has 3 aromatic carbocycles. The van der Waals surface area contributed by atoms with Gasteiger partial charge < -0.3 is 10.1 Å². The molecule has 2 atom stereocenters. The Morgan fingerprint density at radius 2 is 1.74 bits per heavy atom. The van der Waals surface area contributed by atoms with Gasteiger partial charge in [-0.05, 0) is 61.2 Å². The number of alkyl halides is 1. The first-order valence-corrected chi connectivity index (χ1v) is 15.4. The summed E-state index contributed by atoms with van der Waals surface area (Å²) in [6.45, 7) is 3.75. The fourth-order valence-corrected chi connectivity index (χ4v) is 6.05. The van der Waals surface area contributed by atoms with Crippen molar-refractivity contribution in [3.05, 3.63) is 96.9 Å². The number of carbonyl (C=O) groups is 2. The predicted octanol–water partition coefficient (Wildman–Crippen LogP) is 9.87. The summed E-state index contributed by atoms with van der Waals surface area (Å²) in [4.78, 5) is 31.2. The molecule has 4 aromatic rings. The second-order valence-corrected chi connectivity index (χ2v) is 12.0. The van der Waals surface area contributed by atoms with Crippen LogP contribution in [0.25, 0.3) is 22.2 Å². The van der Waals surface area contributed by atoms with Crippen LogP contribution in [0.5, 0.6) is 0 Å². The van der Waals surface area contributed by atoms with Crippen molar-refractivity contribution in [3.63, 3.8) is 0 Å². The number of amides is 1. The molecule has 0 aliphatic rings. The summed E-state index contributed by atoms with van der Waals surface area (Å²) < 4.78 is 19.6. The predicted molar refractivity (Wildman–Crippen MR) is 171 cm³/mol. The summed E-state index contributed by atoms with van der Waals surface area (Å²) in [6.07, 6.45) is -0.916. The second-order valence-electron chi connectivity index (χ2n) is 9.88. The van der Waals surface area contributed by atoms with Gasteiger partial charge in [0, 0.05) is 45.7 Å². The van der Waals surface area contributed by atoms with Gasteiger partial charge in [-0.15, -0.1) is 0 Å². The molecule has 4 rings (SSSR count). The summed E-state index contributed by atoms with van der Waals surface area (Å²) in [5, 5.41) is 4.56. The molecule has 220 valence electrons. The van der Waals surface area contributed by atoms with Gasteiger partial charge in [-0.2, -0.15) is 0 Å². The lowest BCUT2D eigenvalue weighted by Gasteiger charge is -2.22. The lowest BCUT2D eigenvalue weighted by molar-refractivity contribution is -0.158. The third-order valence-corrected chi connectivity index (χ3v) is 8.58. The number of carbonyl (C=O) groups excluding carboxylic acids is 2. The molecule has 0 fully saturated rings. The molecule has 0 aliphatic carbocycles. The molecule has 1 N–H and O–H groups in total. The van der Waals surface area contributed by atoms with Crippen LogP contribution < -0.4 is 5.32 Å². The lowest BCUT2D eigenvalue weighted by atomic mass is 9.93. The minimum Gasteiger partial charge on any atom is -0.431 e. The number of fused-ring (bicyclic) bond motifs is 1. The Morgan fingerprint density at radius 1 is 1.02 bits per heavy atom. The normalized spacial score (nSPS) is 12.6. The van der Waals surface area contributed by atoms with E-state index in [0.717, 1.165) is 10.0 Å². The van der Waals surface area contributed by atoms with Crippen molar-refractivity contribution in [1.82, 2.24) is 10.3 Å². The Morgan fingerprint density at radius 3 is 2.45 bits per heavy atom. The molecule has 10 heteroatoms. The molecule has 0 saturated carbocycles. The smallest absolute Gasteiger partial charge is 0.308 e. The molecular formula is C32H29BrCl3FN2O3. The van der Waals surface area contributed by atoms with Crippen molar-refractivity contribution < 1.29 is 18.7 Å². The highest BCUT2D eigenvalue weighted by Gasteiger charge is 2.25. The third kappa shape index (κ3) is 7.62. The Kier molecular flexibility index (Phi) is 11.2. The first-order chi connectivity index (χ1) is 20.1. The highest BCUT2D eigenvalue weighted by molar-refractivity contribution is 9.10. The zero-order chi connectivity index (χ0) is 30.4. The number of nitrogens with zero attached hydrogens (tertiary/aromatic N) is 1. The van der Waals surface area contributed by atoms with Crippen LogP contribution >= 0.6 is 50.7 Å². The molecule has 0 radical (unpaired) electrons. The molecule has 1 heterocycles. The van der Waals surface area contributed by atoms with Crippen molar-refractivity contribution >= 4 is 73.5 Å². The number of pyridine rings is 1. The van der Waals surface area contributed by atoms with E-state index >= 15 is 0 Å². The van der Waals surface area contributed by atoms with Crippen molar-refractivity contribution in [2.45, 2.75) is 51.8 Å². The molecule has 5 nitrogen and oxygen atoms in total. The standard InChI is InChI=1S/C32H29BrCl3FN2O3/c1-3-7-26(37)42-27(40)15-10-20(29-23(34)12-13-24(35)30(29)36)17-38-32(41)28-18(2)31(19-8-5-4-6-9-19)39-25-14-11-21(33)16-22(25)28/h4-6,8-9,11-14,16,20,26H,3,7,10,15,17H2,1-2H3,(H,38,41). The van der Waals surface area contributed by atoms with E-state index in [-0.39, 0.29) is 41.8 Å². The minimum atomic E-state index is -1.67. The number of hydrogen-bond acceptors (Lipinski definition) is 4. The van der Waals surface area contributed by atoms with E-state index < -0.39 is 18.2 Å². The van der Waals surface area contributed by atoms with Crippen LogP contribution in [0.3, 0.4) is 0 Å². The van der Waals surface area contributed by atoms with Gasteiger partial charge >= 0.3 is 5.97 Å². The SMILES string of the molecule is CCCC(F)OC(=O)CCC(CNC(=O)c1c(C)c(-c2ccccc2)nc2ccc(Br)cc12)c1c(Cl)ccc(Cl)c1Cl. The van der Waals surface area contributed by atoms with Crippen molar-refractivity contribution in [1.29, 1.82) is 0 Å². The average Bonchev–Trinajstić information content (AvgIpc) is 2.96. The number of nitrogens with one attached hydrogen (secondary N) is 1. The van der Waals surface area contributed by atoms with Gasteiger partial charge in [-0.1, -0.05) is 88.0 Å². The van der Waals surface area contributed by atoms with Crippen LogP contribution in [-0.4, -0.2) is 29.8 Å². The van der Waals surface area contributed by atoms with Gasteiger partial charge in [0.1, 0.15) is 0 Å². The summed E-state index contributed by atoms with van der Waals surface area (Å²) >= 11 is 22.9. The number of benzene rings is 3. The number of rotatable bonds is 11. The molecule has 0 spiro atoms. The number of hydrogen-bond donors (Lipinski definition) is 1. The van der Waals surface area contributed by atoms with E-state index in [1.807, 2.05) is 55.5 Å². The van der Waals surface area contributed by atoms with Crippen LogP contribution in [0.4, 0.5) is 4.39 Å². The number of halogens is 5. The Bertz CT molecular complexity index is 1600. The number of esters is 1. The zero-order valence-electron chi connectivity index (χ0n) is 23.0. The Balaban J connectivity index is 1.67. The fraction of sp³-hybridized carbons (Fsp3) is 0.281. The maximum absolute atomic E-state index is 13.9. The topological polar surface area (TPSA) is 68.3 Å². The van der Waals surface area contributed by atoms with Crippen LogP contribution in [0, 0.1) is 6.92 Å². The molecule has 42 heavy (non-hydrogen) atoms. The van der Waals surface area contributed by atoms with E-state index in [1.54, 1.807) is 19.1 Å². The van der Waals surface area contributed by atoms with Crippen molar-refractivity contribution in [2.24, 2.45) is 0 Å².